The third kappa shape index (κ3) is 3.58. The smallest absolute Gasteiger partial charge is 0.126 e. The van der Waals surface area contributed by atoms with Crippen molar-refractivity contribution < 1.29 is 4.39 Å². The summed E-state index contributed by atoms with van der Waals surface area (Å²) in [5.41, 5.74) is 0.693. The Labute approximate surface area is 79.8 Å². The summed E-state index contributed by atoms with van der Waals surface area (Å²) in [5, 5.41) is 0. The molecule has 0 saturated carbocycles. The molecule has 0 nitrogen and oxygen atoms in total. The summed E-state index contributed by atoms with van der Waals surface area (Å²) in [4.78, 5) is 0. The fraction of sp³-hybridized carbons (Fsp3) is 0.500. The largest absolute Gasteiger partial charge is 0.242 e. The summed E-state index contributed by atoms with van der Waals surface area (Å²) in [5.74, 6) is 0. The molecule has 0 aliphatic carbocycles. The maximum atomic E-state index is 13.4. The first-order valence-corrected chi connectivity index (χ1v) is 4.95. The molecule has 0 fully saturated rings. The molecule has 13 heavy (non-hydrogen) atoms. The first kappa shape index (κ1) is 10.2. The van der Waals surface area contributed by atoms with E-state index in [2.05, 4.69) is 13.0 Å². The number of rotatable bonds is 5. The maximum Gasteiger partial charge on any atom is 0.126 e. The quantitative estimate of drug-likeness (QED) is 0.597. The summed E-state index contributed by atoms with van der Waals surface area (Å²) in [6, 6.07) is 10.2. The van der Waals surface area contributed by atoms with Gasteiger partial charge in [0.1, 0.15) is 6.17 Å². The van der Waals surface area contributed by atoms with Crippen molar-refractivity contribution in [1.82, 2.24) is 0 Å². The van der Waals surface area contributed by atoms with Crippen LogP contribution in [0.4, 0.5) is 4.39 Å². The molecule has 0 amide bonds. The van der Waals surface area contributed by atoms with E-state index in [1.165, 1.54) is 0 Å². The molecule has 0 spiro atoms. The van der Waals surface area contributed by atoms with Crippen molar-refractivity contribution in [3.05, 3.63) is 35.9 Å². The van der Waals surface area contributed by atoms with Gasteiger partial charge in [-0.1, -0.05) is 50.5 Å². The molecule has 0 aliphatic heterocycles. The molecule has 0 aliphatic rings. The highest BCUT2D eigenvalue weighted by Gasteiger charge is 2.07. The molecule has 0 saturated heterocycles. The predicted molar refractivity (Wildman–Crippen MR) is 53.3 cm³/mol. The monoisotopic (exact) mass is 179 g/mol. The summed E-state index contributed by atoms with van der Waals surface area (Å²) in [6.45, 7) is 2.13. The van der Waals surface area contributed by atoms with Gasteiger partial charge in [0.25, 0.3) is 0 Å². The van der Waals surface area contributed by atoms with Crippen LogP contribution in [0.1, 0.15) is 44.3 Å². The van der Waals surface area contributed by atoms with E-state index >= 15 is 0 Å². The molecule has 0 heterocycles. The molecular formula is C12H16F. The Kier molecular flexibility index (Phi) is 4.52. The van der Waals surface area contributed by atoms with Crippen LogP contribution in [0.2, 0.25) is 0 Å². The Morgan fingerprint density at radius 3 is 2.85 bits per heavy atom. The Balaban J connectivity index is 2.35. The number of hydrogen-bond donors (Lipinski definition) is 0. The molecule has 71 valence electrons. The predicted octanol–water partition coefficient (Wildman–Crippen LogP) is 4.08. The fourth-order valence-electron chi connectivity index (χ4n) is 1.33. The lowest BCUT2D eigenvalue weighted by Gasteiger charge is -2.06. The average molecular weight is 179 g/mol. The molecule has 1 aromatic carbocycles. The van der Waals surface area contributed by atoms with Crippen molar-refractivity contribution in [1.29, 1.82) is 0 Å². The van der Waals surface area contributed by atoms with Gasteiger partial charge >= 0.3 is 0 Å². The molecule has 1 unspecified atom stereocenters. The van der Waals surface area contributed by atoms with Gasteiger partial charge in [-0.3, -0.25) is 0 Å². The van der Waals surface area contributed by atoms with Gasteiger partial charge in [0.15, 0.2) is 0 Å². The van der Waals surface area contributed by atoms with E-state index in [1.54, 1.807) is 12.1 Å². The van der Waals surface area contributed by atoms with Gasteiger partial charge in [0, 0.05) is 0 Å². The van der Waals surface area contributed by atoms with Crippen molar-refractivity contribution >= 4 is 0 Å². The van der Waals surface area contributed by atoms with Gasteiger partial charge in [-0.25, -0.2) is 4.39 Å². The van der Waals surface area contributed by atoms with Gasteiger partial charge in [-0.15, -0.1) is 0 Å². The van der Waals surface area contributed by atoms with Gasteiger partial charge in [-0.05, 0) is 18.1 Å². The zero-order valence-corrected chi connectivity index (χ0v) is 8.09. The fourth-order valence-corrected chi connectivity index (χ4v) is 1.33. The van der Waals surface area contributed by atoms with Crippen LogP contribution < -0.4 is 0 Å². The van der Waals surface area contributed by atoms with Crippen LogP contribution in [0, 0.1) is 6.07 Å². The molecule has 0 bridgehead atoms. The minimum atomic E-state index is -0.826. The van der Waals surface area contributed by atoms with Gasteiger partial charge in [-0.2, -0.15) is 0 Å². The van der Waals surface area contributed by atoms with Crippen LogP contribution in [0.15, 0.2) is 24.3 Å². The van der Waals surface area contributed by atoms with Crippen molar-refractivity contribution in [2.45, 2.75) is 38.8 Å². The van der Waals surface area contributed by atoms with E-state index in [4.69, 9.17) is 0 Å². The molecule has 1 aromatic rings. The Hall–Kier alpha value is -0.850. The molecule has 1 radical (unpaired) electrons. The first-order valence-electron chi connectivity index (χ1n) is 4.95. The summed E-state index contributed by atoms with van der Waals surface area (Å²) in [7, 11) is 0. The minimum absolute atomic E-state index is 0.633. The lowest BCUT2D eigenvalue weighted by Crippen LogP contribution is -1.91. The molecule has 1 rings (SSSR count). The number of benzene rings is 1. The highest BCUT2D eigenvalue weighted by atomic mass is 19.1. The molecule has 0 aromatic heterocycles. The topological polar surface area (TPSA) is 0 Å². The van der Waals surface area contributed by atoms with Gasteiger partial charge in [0.05, 0.1) is 0 Å². The molecule has 1 atom stereocenters. The van der Waals surface area contributed by atoms with Crippen LogP contribution in [-0.4, -0.2) is 0 Å². The number of unbranched alkanes of at least 4 members (excludes halogenated alkanes) is 2. The normalized spacial score (nSPS) is 12.8. The highest BCUT2D eigenvalue weighted by molar-refractivity contribution is 5.15. The second kappa shape index (κ2) is 5.74. The minimum Gasteiger partial charge on any atom is -0.242 e. The van der Waals surface area contributed by atoms with Crippen molar-refractivity contribution in [2.75, 3.05) is 0 Å². The third-order valence-corrected chi connectivity index (χ3v) is 2.13. The highest BCUT2D eigenvalue weighted by Crippen LogP contribution is 2.22. The summed E-state index contributed by atoms with van der Waals surface area (Å²) in [6.07, 6.45) is 3.04. The van der Waals surface area contributed by atoms with E-state index in [1.807, 2.05) is 12.1 Å². The van der Waals surface area contributed by atoms with E-state index in [-0.39, 0.29) is 0 Å². The van der Waals surface area contributed by atoms with Crippen LogP contribution >= 0.6 is 0 Å². The maximum absolute atomic E-state index is 13.4. The number of halogens is 1. The summed E-state index contributed by atoms with van der Waals surface area (Å²) >= 11 is 0. The molecule has 1 heteroatoms. The molecule has 0 N–H and O–H groups in total. The van der Waals surface area contributed by atoms with Gasteiger partial charge in [0.2, 0.25) is 0 Å². The van der Waals surface area contributed by atoms with E-state index in [9.17, 15) is 4.39 Å². The first-order chi connectivity index (χ1) is 6.34. The molecular weight excluding hydrogens is 163 g/mol. The second-order valence-electron chi connectivity index (χ2n) is 3.28. The van der Waals surface area contributed by atoms with Crippen molar-refractivity contribution in [3.63, 3.8) is 0 Å². The SMILES string of the molecule is CCCCCC(F)c1[c]cccc1. The van der Waals surface area contributed by atoms with E-state index < -0.39 is 6.17 Å². The Morgan fingerprint density at radius 1 is 1.38 bits per heavy atom. The standard InChI is InChI=1S/C12H16F/c1-2-3-5-10-12(13)11-8-6-4-7-9-11/h4,6-8,12H,2-3,5,10H2,1H3. The van der Waals surface area contributed by atoms with Crippen LogP contribution in [0.5, 0.6) is 0 Å². The van der Waals surface area contributed by atoms with Crippen molar-refractivity contribution in [3.8, 4) is 0 Å². The zero-order valence-electron chi connectivity index (χ0n) is 8.09. The van der Waals surface area contributed by atoms with Crippen LogP contribution in [0.25, 0.3) is 0 Å². The van der Waals surface area contributed by atoms with Crippen molar-refractivity contribution in [2.24, 2.45) is 0 Å². The second-order valence-corrected chi connectivity index (χ2v) is 3.28. The van der Waals surface area contributed by atoms with E-state index in [0.717, 1.165) is 19.3 Å². The Morgan fingerprint density at radius 2 is 2.23 bits per heavy atom. The lowest BCUT2D eigenvalue weighted by molar-refractivity contribution is 0.313. The van der Waals surface area contributed by atoms with Gasteiger partial charge < -0.3 is 0 Å². The number of hydrogen-bond acceptors (Lipinski definition) is 0. The van der Waals surface area contributed by atoms with Crippen LogP contribution in [0.3, 0.4) is 0 Å². The average Bonchev–Trinajstić information content (AvgIpc) is 2.19. The zero-order chi connectivity index (χ0) is 9.52. The Bertz CT molecular complexity index is 218. The van der Waals surface area contributed by atoms with E-state index in [0.29, 0.717) is 12.0 Å². The number of alkyl halides is 1. The van der Waals surface area contributed by atoms with Crippen LogP contribution in [-0.2, 0) is 0 Å². The summed E-state index contributed by atoms with van der Waals surface area (Å²) < 4.78 is 13.4. The lowest BCUT2D eigenvalue weighted by atomic mass is 10.0. The third-order valence-electron chi connectivity index (χ3n) is 2.13.